The van der Waals surface area contributed by atoms with Crippen molar-refractivity contribution in [1.29, 1.82) is 0 Å². The molecule has 7 N–H and O–H groups in total. The molecule has 5 aromatic rings. The van der Waals surface area contributed by atoms with Gasteiger partial charge in [0.25, 0.3) is 21.7 Å². The second-order valence-electron chi connectivity index (χ2n) is 8.88. The summed E-state index contributed by atoms with van der Waals surface area (Å²) >= 11 is 5.87. The van der Waals surface area contributed by atoms with Crippen LogP contribution in [0.2, 0.25) is 5.02 Å². The number of nitrogens with two attached hydrogens (primary N) is 2. The minimum Gasteiger partial charge on any atom is -0.506 e. The fourth-order valence-electron chi connectivity index (χ4n) is 3.92. The number of sulfonamides is 1. The number of furan rings is 1. The lowest BCUT2D eigenvalue weighted by molar-refractivity contribution is 0.0997. The van der Waals surface area contributed by atoms with Crippen molar-refractivity contribution < 1.29 is 22.7 Å². The molecule has 3 aromatic heterocycles. The minimum atomic E-state index is -4.10. The van der Waals surface area contributed by atoms with Crippen LogP contribution >= 0.6 is 11.6 Å². The summed E-state index contributed by atoms with van der Waals surface area (Å²) in [6.45, 7) is 0.592. The highest BCUT2D eigenvalue weighted by molar-refractivity contribution is 7.92. The highest BCUT2D eigenvalue weighted by atomic mass is 35.5. The van der Waals surface area contributed by atoms with E-state index in [1.165, 1.54) is 10.8 Å². The molecule has 3 heterocycles. The second-order valence-corrected chi connectivity index (χ2v) is 11.0. The number of primary amides is 1. The van der Waals surface area contributed by atoms with Gasteiger partial charge in [-0.1, -0.05) is 23.7 Å². The lowest BCUT2D eigenvalue weighted by Gasteiger charge is -2.11. The lowest BCUT2D eigenvalue weighted by Crippen LogP contribution is -2.16. The SMILES string of the molecule is NC(=O)c1cc(S(=O)(=O)Nc2ccc(CCCCNc3nc(N)n4nc(-c5ccco5)nc4n3)cc2)cc(Cl)c1O. The van der Waals surface area contributed by atoms with E-state index in [9.17, 15) is 18.3 Å². The summed E-state index contributed by atoms with van der Waals surface area (Å²) in [6, 6.07) is 12.4. The van der Waals surface area contributed by atoms with Crippen LogP contribution in [-0.2, 0) is 16.4 Å². The molecule has 0 radical (unpaired) electrons. The van der Waals surface area contributed by atoms with Gasteiger partial charge in [0.2, 0.25) is 17.7 Å². The Bertz CT molecular complexity index is 1820. The van der Waals surface area contributed by atoms with Gasteiger partial charge in [0.05, 0.1) is 21.7 Å². The van der Waals surface area contributed by atoms with Gasteiger partial charge in [0.1, 0.15) is 5.75 Å². The van der Waals surface area contributed by atoms with Gasteiger partial charge in [-0.15, -0.1) is 5.10 Å². The zero-order chi connectivity index (χ0) is 29.1. The van der Waals surface area contributed by atoms with Gasteiger partial charge in [0, 0.05) is 12.2 Å². The fourth-order valence-corrected chi connectivity index (χ4v) is 5.31. The number of benzene rings is 2. The molecule has 1 amide bonds. The number of aromatic nitrogens is 5. The Morgan fingerprint density at radius 2 is 1.88 bits per heavy atom. The molecule has 0 bridgehead atoms. The smallest absolute Gasteiger partial charge is 0.261 e. The monoisotopic (exact) mass is 597 g/mol. The number of carbonyl (C=O) groups excluding carboxylic acids is 1. The van der Waals surface area contributed by atoms with E-state index in [1.54, 1.807) is 24.3 Å². The largest absolute Gasteiger partial charge is 0.506 e. The van der Waals surface area contributed by atoms with Crippen molar-refractivity contribution in [3.05, 3.63) is 70.9 Å². The number of halogens is 1. The number of unbranched alkanes of at least 4 members (excludes halogenated alkanes) is 1. The van der Waals surface area contributed by atoms with Crippen LogP contribution in [0, 0.1) is 0 Å². The third kappa shape index (κ3) is 6.15. The van der Waals surface area contributed by atoms with E-state index >= 15 is 0 Å². The van der Waals surface area contributed by atoms with Gasteiger partial charge in [-0.2, -0.15) is 19.5 Å². The van der Waals surface area contributed by atoms with Crippen LogP contribution < -0.4 is 21.5 Å². The number of nitrogens with one attached hydrogen (secondary N) is 2. The molecule has 2 aromatic carbocycles. The van der Waals surface area contributed by atoms with Crippen molar-refractivity contribution in [1.82, 2.24) is 24.6 Å². The summed E-state index contributed by atoms with van der Waals surface area (Å²) in [5.74, 6) is 0.0381. The molecule has 0 spiro atoms. The second kappa shape index (κ2) is 11.3. The summed E-state index contributed by atoms with van der Waals surface area (Å²) in [6.07, 6.45) is 3.92. The summed E-state index contributed by atoms with van der Waals surface area (Å²) in [5.41, 5.74) is 12.1. The van der Waals surface area contributed by atoms with Crippen LogP contribution in [0.15, 0.2) is 64.1 Å². The van der Waals surface area contributed by atoms with Gasteiger partial charge >= 0.3 is 0 Å². The number of phenols is 1. The molecule has 5 rings (SSSR count). The third-order valence-corrected chi connectivity index (χ3v) is 7.62. The van der Waals surface area contributed by atoms with E-state index in [4.69, 9.17) is 27.5 Å². The maximum Gasteiger partial charge on any atom is 0.261 e. The number of carbonyl (C=O) groups is 1. The highest BCUT2D eigenvalue weighted by Gasteiger charge is 2.21. The number of hydrogen-bond acceptors (Lipinski definition) is 11. The predicted octanol–water partition coefficient (Wildman–Crippen LogP) is 3.06. The van der Waals surface area contributed by atoms with Crippen molar-refractivity contribution in [2.45, 2.75) is 24.2 Å². The number of amides is 1. The fraction of sp³-hybridized carbons (Fsp3) is 0.160. The first-order chi connectivity index (χ1) is 19.6. The molecule has 0 saturated heterocycles. The van der Waals surface area contributed by atoms with Crippen molar-refractivity contribution in [3.8, 4) is 17.3 Å². The number of nitrogen functional groups attached to an aromatic ring is 1. The van der Waals surface area contributed by atoms with Crippen LogP contribution in [0.1, 0.15) is 28.8 Å². The summed E-state index contributed by atoms with van der Waals surface area (Å²) in [7, 11) is -4.10. The molecule has 212 valence electrons. The number of nitrogens with zero attached hydrogens (tertiary/aromatic N) is 5. The van der Waals surface area contributed by atoms with Crippen molar-refractivity contribution >= 4 is 50.9 Å². The Balaban J connectivity index is 1.13. The molecule has 0 atom stereocenters. The van der Waals surface area contributed by atoms with Gasteiger partial charge in [-0.3, -0.25) is 9.52 Å². The maximum absolute atomic E-state index is 12.8. The van der Waals surface area contributed by atoms with Gasteiger partial charge in [-0.25, -0.2) is 8.42 Å². The number of aryl methyl sites for hydroxylation is 1. The molecule has 0 unspecified atom stereocenters. The minimum absolute atomic E-state index is 0.139. The van der Waals surface area contributed by atoms with Gasteiger partial charge < -0.3 is 26.3 Å². The Labute approximate surface area is 238 Å². The first-order valence-electron chi connectivity index (χ1n) is 12.2. The van der Waals surface area contributed by atoms with E-state index in [2.05, 4.69) is 30.1 Å². The molecule has 0 aliphatic rings. The van der Waals surface area contributed by atoms with E-state index in [-0.39, 0.29) is 15.9 Å². The quantitative estimate of drug-likeness (QED) is 0.139. The Kier molecular flexibility index (Phi) is 7.63. The van der Waals surface area contributed by atoms with Crippen LogP contribution in [0.4, 0.5) is 17.6 Å². The van der Waals surface area contributed by atoms with Crippen molar-refractivity contribution in [3.63, 3.8) is 0 Å². The first-order valence-corrected chi connectivity index (χ1v) is 14.1. The number of hydrogen-bond donors (Lipinski definition) is 5. The summed E-state index contributed by atoms with van der Waals surface area (Å²) in [4.78, 5) is 24.1. The molecule has 14 nitrogen and oxygen atoms in total. The standard InChI is InChI=1S/C25H24ClN9O5S/c26-18-13-16(12-17(20(18)36)21(27)37)41(38,39)34-15-8-6-14(7-9-15)4-1-2-10-29-24-31-23(28)35-25(32-24)30-22(33-35)19-5-3-11-40-19/h3,5-9,11-13,34,36H,1-2,4,10H2,(H2,27,37)(H3,28,29,30,31,32,33). The summed E-state index contributed by atoms with van der Waals surface area (Å²) in [5, 5.41) is 16.9. The van der Waals surface area contributed by atoms with E-state index in [0.29, 0.717) is 35.5 Å². The van der Waals surface area contributed by atoms with E-state index in [0.717, 1.165) is 37.0 Å². The molecule has 0 aliphatic heterocycles. The zero-order valence-corrected chi connectivity index (χ0v) is 22.9. The van der Waals surface area contributed by atoms with Crippen molar-refractivity contribution in [2.24, 2.45) is 5.73 Å². The topological polar surface area (TPSA) is 217 Å². The van der Waals surface area contributed by atoms with Crippen LogP contribution in [0.5, 0.6) is 5.75 Å². The van der Waals surface area contributed by atoms with E-state index in [1.807, 2.05) is 12.1 Å². The normalized spacial score (nSPS) is 11.5. The highest BCUT2D eigenvalue weighted by Crippen LogP contribution is 2.31. The average molecular weight is 598 g/mol. The van der Waals surface area contributed by atoms with Crippen molar-refractivity contribution in [2.75, 3.05) is 22.3 Å². The van der Waals surface area contributed by atoms with E-state index < -0.39 is 27.2 Å². The summed E-state index contributed by atoms with van der Waals surface area (Å²) < 4.78 is 34.7. The number of fused-ring (bicyclic) bond motifs is 1. The molecule has 0 saturated carbocycles. The van der Waals surface area contributed by atoms with Crippen LogP contribution in [0.25, 0.3) is 17.4 Å². The molecular formula is C25H24ClN9O5S. The average Bonchev–Trinajstić information content (AvgIpc) is 3.61. The van der Waals surface area contributed by atoms with Gasteiger partial charge in [-0.05, 0) is 61.2 Å². The lowest BCUT2D eigenvalue weighted by atomic mass is 10.1. The molecule has 0 fully saturated rings. The maximum atomic E-state index is 12.8. The first kappa shape index (κ1) is 27.7. The Morgan fingerprint density at radius 1 is 1.10 bits per heavy atom. The van der Waals surface area contributed by atoms with Gasteiger partial charge in [0.15, 0.2) is 5.76 Å². The Hall–Kier alpha value is -4.89. The molecular weight excluding hydrogens is 574 g/mol. The Morgan fingerprint density at radius 3 is 2.59 bits per heavy atom. The van der Waals surface area contributed by atoms with Crippen LogP contribution in [0.3, 0.4) is 0 Å². The number of anilines is 3. The number of aromatic hydroxyl groups is 1. The predicted molar refractivity (Wildman–Crippen MR) is 151 cm³/mol. The third-order valence-electron chi connectivity index (χ3n) is 5.97. The van der Waals surface area contributed by atoms with Crippen LogP contribution in [-0.4, -0.2) is 50.5 Å². The molecule has 0 aliphatic carbocycles. The zero-order valence-electron chi connectivity index (χ0n) is 21.3. The number of rotatable bonds is 11. The molecule has 41 heavy (non-hydrogen) atoms. The molecule has 16 heteroatoms.